The molecule has 0 spiro atoms. The molecule has 25 heavy (non-hydrogen) atoms. The average Bonchev–Trinajstić information content (AvgIpc) is 2.65. The molecule has 1 saturated heterocycles. The van der Waals surface area contributed by atoms with E-state index in [2.05, 4.69) is 21.3 Å². The second-order valence-corrected chi connectivity index (χ2v) is 6.47. The minimum Gasteiger partial charge on any atom is -0.494 e. The lowest BCUT2D eigenvalue weighted by molar-refractivity contribution is 0.211. The van der Waals surface area contributed by atoms with Gasteiger partial charge < -0.3 is 15.2 Å². The summed E-state index contributed by atoms with van der Waals surface area (Å²) in [5.74, 6) is 0.766. The Kier molecular flexibility index (Phi) is 6.25. The van der Waals surface area contributed by atoms with Crippen LogP contribution in [0.3, 0.4) is 0 Å². The lowest BCUT2D eigenvalue weighted by atomic mass is 10.0. The summed E-state index contributed by atoms with van der Waals surface area (Å²) in [4.78, 5) is 6.67. The van der Waals surface area contributed by atoms with E-state index in [1.807, 2.05) is 43.6 Å². The SMILES string of the molecule is CCOc1ccc(NC2CCN(Cc3cccnc3)CC2)cc1CO. The number of aliphatic hydroxyl groups excluding tert-OH is 1. The van der Waals surface area contributed by atoms with Gasteiger partial charge in [-0.3, -0.25) is 9.88 Å². The summed E-state index contributed by atoms with van der Waals surface area (Å²) in [5, 5.41) is 13.1. The molecule has 1 fully saturated rings. The number of pyridine rings is 1. The zero-order chi connectivity index (χ0) is 17.5. The molecular formula is C20H27N3O2. The molecule has 1 aromatic heterocycles. The molecule has 1 aromatic carbocycles. The average molecular weight is 341 g/mol. The third kappa shape index (κ3) is 4.94. The number of aromatic nitrogens is 1. The highest BCUT2D eigenvalue weighted by molar-refractivity contribution is 5.51. The first-order valence-electron chi connectivity index (χ1n) is 9.03. The monoisotopic (exact) mass is 341 g/mol. The van der Waals surface area contributed by atoms with Gasteiger partial charge in [0.2, 0.25) is 0 Å². The molecule has 0 atom stereocenters. The van der Waals surface area contributed by atoms with Gasteiger partial charge in [-0.15, -0.1) is 0 Å². The van der Waals surface area contributed by atoms with E-state index in [4.69, 9.17) is 4.74 Å². The number of aliphatic hydroxyl groups is 1. The van der Waals surface area contributed by atoms with Crippen molar-refractivity contribution in [3.05, 3.63) is 53.9 Å². The maximum Gasteiger partial charge on any atom is 0.124 e. The van der Waals surface area contributed by atoms with Crippen molar-refractivity contribution in [1.82, 2.24) is 9.88 Å². The Bertz CT molecular complexity index is 655. The Balaban J connectivity index is 1.52. The van der Waals surface area contributed by atoms with E-state index in [-0.39, 0.29) is 6.61 Å². The van der Waals surface area contributed by atoms with Crippen LogP contribution in [0.4, 0.5) is 5.69 Å². The van der Waals surface area contributed by atoms with Crippen molar-refractivity contribution in [2.75, 3.05) is 25.0 Å². The van der Waals surface area contributed by atoms with Crippen LogP contribution in [0.25, 0.3) is 0 Å². The van der Waals surface area contributed by atoms with Crippen LogP contribution in [0.15, 0.2) is 42.7 Å². The van der Waals surface area contributed by atoms with Gasteiger partial charge in [0.15, 0.2) is 0 Å². The van der Waals surface area contributed by atoms with Gasteiger partial charge in [0, 0.05) is 49.3 Å². The van der Waals surface area contributed by atoms with Gasteiger partial charge in [-0.25, -0.2) is 0 Å². The molecule has 2 N–H and O–H groups in total. The van der Waals surface area contributed by atoms with Crippen molar-refractivity contribution in [2.24, 2.45) is 0 Å². The maximum absolute atomic E-state index is 9.53. The van der Waals surface area contributed by atoms with Crippen molar-refractivity contribution in [3.63, 3.8) is 0 Å². The second-order valence-electron chi connectivity index (χ2n) is 6.47. The number of likely N-dealkylation sites (tertiary alicyclic amines) is 1. The van der Waals surface area contributed by atoms with E-state index in [9.17, 15) is 5.11 Å². The molecule has 0 aliphatic carbocycles. The number of anilines is 1. The van der Waals surface area contributed by atoms with E-state index >= 15 is 0 Å². The maximum atomic E-state index is 9.53. The van der Waals surface area contributed by atoms with Crippen LogP contribution < -0.4 is 10.1 Å². The summed E-state index contributed by atoms with van der Waals surface area (Å²) in [6, 6.07) is 10.6. The van der Waals surface area contributed by atoms with Crippen molar-refractivity contribution in [2.45, 2.75) is 39.0 Å². The molecule has 0 bridgehead atoms. The fraction of sp³-hybridized carbons (Fsp3) is 0.450. The summed E-state index contributed by atoms with van der Waals surface area (Å²) in [7, 11) is 0. The van der Waals surface area contributed by atoms with Crippen LogP contribution in [0, 0.1) is 0 Å². The van der Waals surface area contributed by atoms with Crippen molar-refractivity contribution in [1.29, 1.82) is 0 Å². The Morgan fingerprint density at radius 3 is 2.80 bits per heavy atom. The molecule has 0 unspecified atom stereocenters. The van der Waals surface area contributed by atoms with Crippen molar-refractivity contribution >= 4 is 5.69 Å². The number of piperidine rings is 1. The number of hydrogen-bond donors (Lipinski definition) is 2. The number of nitrogens with zero attached hydrogens (tertiary/aromatic N) is 2. The van der Waals surface area contributed by atoms with Gasteiger partial charge in [0.05, 0.1) is 13.2 Å². The van der Waals surface area contributed by atoms with Gasteiger partial charge in [-0.1, -0.05) is 6.07 Å². The van der Waals surface area contributed by atoms with E-state index in [0.717, 1.165) is 49.5 Å². The van der Waals surface area contributed by atoms with Crippen LogP contribution in [-0.2, 0) is 13.2 Å². The first kappa shape index (κ1) is 17.7. The Morgan fingerprint density at radius 1 is 1.28 bits per heavy atom. The Morgan fingerprint density at radius 2 is 2.12 bits per heavy atom. The molecule has 2 aromatic rings. The van der Waals surface area contributed by atoms with Gasteiger partial charge in [0.1, 0.15) is 5.75 Å². The summed E-state index contributed by atoms with van der Waals surface area (Å²) in [5.41, 5.74) is 3.16. The molecule has 1 aliphatic rings. The fourth-order valence-corrected chi connectivity index (χ4v) is 3.31. The molecule has 0 amide bonds. The molecule has 1 aliphatic heterocycles. The molecule has 0 saturated carbocycles. The number of hydrogen-bond acceptors (Lipinski definition) is 5. The quantitative estimate of drug-likeness (QED) is 0.811. The number of rotatable bonds is 7. The highest BCUT2D eigenvalue weighted by Crippen LogP contribution is 2.25. The van der Waals surface area contributed by atoms with E-state index < -0.39 is 0 Å². The summed E-state index contributed by atoms with van der Waals surface area (Å²) in [6.45, 7) is 5.68. The fourth-order valence-electron chi connectivity index (χ4n) is 3.31. The van der Waals surface area contributed by atoms with E-state index in [1.165, 1.54) is 5.56 Å². The molecule has 134 valence electrons. The molecule has 3 rings (SSSR count). The lowest BCUT2D eigenvalue weighted by Crippen LogP contribution is -2.38. The molecule has 2 heterocycles. The highest BCUT2D eigenvalue weighted by Gasteiger charge is 2.19. The normalized spacial score (nSPS) is 15.9. The summed E-state index contributed by atoms with van der Waals surface area (Å²) >= 11 is 0. The summed E-state index contributed by atoms with van der Waals surface area (Å²) in [6.07, 6.45) is 5.99. The second kappa shape index (κ2) is 8.83. The third-order valence-electron chi connectivity index (χ3n) is 4.62. The zero-order valence-corrected chi connectivity index (χ0v) is 14.8. The highest BCUT2D eigenvalue weighted by atomic mass is 16.5. The predicted octanol–water partition coefficient (Wildman–Crippen LogP) is 3.05. The molecule has 0 radical (unpaired) electrons. The van der Waals surface area contributed by atoms with E-state index in [1.54, 1.807) is 0 Å². The molecule has 5 heteroatoms. The van der Waals surface area contributed by atoms with Crippen LogP contribution in [-0.4, -0.2) is 40.7 Å². The van der Waals surface area contributed by atoms with Crippen LogP contribution in [0.5, 0.6) is 5.75 Å². The molecular weight excluding hydrogens is 314 g/mol. The van der Waals surface area contributed by atoms with Gasteiger partial charge >= 0.3 is 0 Å². The number of nitrogens with one attached hydrogen (secondary N) is 1. The van der Waals surface area contributed by atoms with Crippen LogP contribution in [0.1, 0.15) is 30.9 Å². The Hall–Kier alpha value is -2.11. The smallest absolute Gasteiger partial charge is 0.124 e. The minimum absolute atomic E-state index is 0.00555. The van der Waals surface area contributed by atoms with Gasteiger partial charge in [0.25, 0.3) is 0 Å². The van der Waals surface area contributed by atoms with Crippen LogP contribution in [0.2, 0.25) is 0 Å². The number of benzene rings is 1. The van der Waals surface area contributed by atoms with Gasteiger partial charge in [-0.2, -0.15) is 0 Å². The van der Waals surface area contributed by atoms with Crippen molar-refractivity contribution in [3.8, 4) is 5.75 Å². The number of ether oxygens (including phenoxy) is 1. The summed E-state index contributed by atoms with van der Waals surface area (Å²) < 4.78 is 5.54. The third-order valence-corrected chi connectivity index (χ3v) is 4.62. The molecule has 5 nitrogen and oxygen atoms in total. The topological polar surface area (TPSA) is 57.6 Å². The van der Waals surface area contributed by atoms with Crippen LogP contribution >= 0.6 is 0 Å². The lowest BCUT2D eigenvalue weighted by Gasteiger charge is -2.33. The first-order valence-corrected chi connectivity index (χ1v) is 9.03. The standard InChI is InChI=1S/C20H27N3O2/c1-2-25-20-6-5-19(12-17(20)15-24)22-18-7-10-23(11-8-18)14-16-4-3-9-21-13-16/h3-6,9,12-13,18,22,24H,2,7-8,10-11,14-15H2,1H3. The minimum atomic E-state index is -0.00555. The predicted molar refractivity (Wildman–Crippen MR) is 99.7 cm³/mol. The first-order chi connectivity index (χ1) is 12.3. The zero-order valence-electron chi connectivity index (χ0n) is 14.8. The largest absolute Gasteiger partial charge is 0.494 e. The Labute approximate surface area is 149 Å². The van der Waals surface area contributed by atoms with E-state index in [0.29, 0.717) is 12.6 Å². The van der Waals surface area contributed by atoms with Gasteiger partial charge in [-0.05, 0) is 49.6 Å². The van der Waals surface area contributed by atoms with Crippen molar-refractivity contribution < 1.29 is 9.84 Å².